The predicted octanol–water partition coefficient (Wildman–Crippen LogP) is 0.797. The van der Waals surface area contributed by atoms with E-state index in [1.807, 2.05) is 11.8 Å². The quantitative estimate of drug-likeness (QED) is 0.822. The summed E-state index contributed by atoms with van der Waals surface area (Å²) in [6.07, 6.45) is 1.19. The molecule has 1 atom stereocenters. The normalized spacial score (nSPS) is 26.6. The van der Waals surface area contributed by atoms with Crippen molar-refractivity contribution in [2.45, 2.75) is 37.5 Å². The molecule has 18 heavy (non-hydrogen) atoms. The SMILES string of the molecule is CC1(C)CN(CC(O)CN2CCCC2=O)CCS1. The molecule has 1 N–H and O–H groups in total. The van der Waals surface area contributed by atoms with Crippen molar-refractivity contribution in [1.82, 2.24) is 9.80 Å². The van der Waals surface area contributed by atoms with Gasteiger partial charge in [-0.15, -0.1) is 0 Å². The van der Waals surface area contributed by atoms with Gasteiger partial charge in [0.1, 0.15) is 0 Å². The highest BCUT2D eigenvalue weighted by molar-refractivity contribution is 8.00. The number of hydrogen-bond donors (Lipinski definition) is 1. The Bertz CT molecular complexity index is 309. The van der Waals surface area contributed by atoms with E-state index in [9.17, 15) is 9.90 Å². The number of nitrogens with zero attached hydrogens (tertiary/aromatic N) is 2. The van der Waals surface area contributed by atoms with Gasteiger partial charge in [0.05, 0.1) is 6.10 Å². The topological polar surface area (TPSA) is 43.8 Å². The molecule has 0 aromatic heterocycles. The predicted molar refractivity (Wildman–Crippen MR) is 74.8 cm³/mol. The molecule has 2 rings (SSSR count). The van der Waals surface area contributed by atoms with Crippen molar-refractivity contribution < 1.29 is 9.90 Å². The first-order valence-electron chi connectivity index (χ1n) is 6.78. The van der Waals surface area contributed by atoms with Crippen LogP contribution in [0.1, 0.15) is 26.7 Å². The van der Waals surface area contributed by atoms with E-state index in [2.05, 4.69) is 18.7 Å². The monoisotopic (exact) mass is 272 g/mol. The van der Waals surface area contributed by atoms with Crippen molar-refractivity contribution in [3.8, 4) is 0 Å². The largest absolute Gasteiger partial charge is 0.390 e. The fourth-order valence-corrected chi connectivity index (χ4v) is 3.95. The molecule has 2 aliphatic heterocycles. The zero-order valence-corrected chi connectivity index (χ0v) is 12.2. The summed E-state index contributed by atoms with van der Waals surface area (Å²) in [4.78, 5) is 15.6. The minimum Gasteiger partial charge on any atom is -0.390 e. The number of aliphatic hydroxyl groups is 1. The van der Waals surface area contributed by atoms with Gasteiger partial charge in [0.25, 0.3) is 0 Å². The van der Waals surface area contributed by atoms with Crippen LogP contribution < -0.4 is 0 Å². The van der Waals surface area contributed by atoms with Crippen LogP contribution in [0.3, 0.4) is 0 Å². The second kappa shape index (κ2) is 5.80. The maximum Gasteiger partial charge on any atom is 0.222 e. The Morgan fingerprint density at radius 1 is 1.39 bits per heavy atom. The molecule has 2 heterocycles. The summed E-state index contributed by atoms with van der Waals surface area (Å²) >= 11 is 2.00. The molecule has 0 aromatic rings. The molecule has 104 valence electrons. The van der Waals surface area contributed by atoms with Crippen molar-refractivity contribution >= 4 is 17.7 Å². The van der Waals surface area contributed by atoms with Gasteiger partial charge in [-0.25, -0.2) is 0 Å². The summed E-state index contributed by atoms with van der Waals surface area (Å²) in [6, 6.07) is 0. The number of amides is 1. The summed E-state index contributed by atoms with van der Waals surface area (Å²) in [5.41, 5.74) is 0. The Hall–Kier alpha value is -0.260. The van der Waals surface area contributed by atoms with Gasteiger partial charge in [-0.2, -0.15) is 11.8 Å². The molecule has 0 spiro atoms. The van der Waals surface area contributed by atoms with E-state index in [1.54, 1.807) is 4.90 Å². The molecule has 5 heteroatoms. The number of β-amino-alcohol motifs (C(OH)–C–C–N with tert-alkyl or cyclic N) is 1. The van der Waals surface area contributed by atoms with Gasteiger partial charge in [-0.3, -0.25) is 9.69 Å². The van der Waals surface area contributed by atoms with E-state index in [4.69, 9.17) is 0 Å². The van der Waals surface area contributed by atoms with Crippen molar-refractivity contribution in [1.29, 1.82) is 0 Å². The van der Waals surface area contributed by atoms with Crippen LogP contribution in [-0.2, 0) is 4.79 Å². The first-order chi connectivity index (χ1) is 8.46. The van der Waals surface area contributed by atoms with E-state index in [1.165, 1.54) is 0 Å². The molecule has 2 aliphatic rings. The standard InChI is InChI=1S/C13H24N2O2S/c1-13(2)10-14(6-7-18-13)8-11(16)9-15-5-3-4-12(15)17/h11,16H,3-10H2,1-2H3. The van der Waals surface area contributed by atoms with E-state index in [0.717, 1.165) is 31.8 Å². The van der Waals surface area contributed by atoms with Crippen LogP contribution in [0.25, 0.3) is 0 Å². The van der Waals surface area contributed by atoms with E-state index in [0.29, 0.717) is 19.5 Å². The number of likely N-dealkylation sites (tertiary alicyclic amines) is 1. The highest BCUT2D eigenvalue weighted by Gasteiger charge is 2.29. The number of carbonyl (C=O) groups is 1. The Balaban J connectivity index is 1.76. The smallest absolute Gasteiger partial charge is 0.222 e. The second-order valence-electron chi connectivity index (χ2n) is 5.94. The summed E-state index contributed by atoms with van der Waals surface area (Å²) in [6.45, 7) is 8.57. The first-order valence-corrected chi connectivity index (χ1v) is 7.77. The van der Waals surface area contributed by atoms with E-state index >= 15 is 0 Å². The van der Waals surface area contributed by atoms with E-state index < -0.39 is 6.10 Å². The fraction of sp³-hybridized carbons (Fsp3) is 0.923. The Labute approximate surface area is 114 Å². The zero-order chi connectivity index (χ0) is 13.2. The average molecular weight is 272 g/mol. The van der Waals surface area contributed by atoms with Crippen LogP contribution in [0.4, 0.5) is 0 Å². The van der Waals surface area contributed by atoms with Crippen LogP contribution >= 0.6 is 11.8 Å². The number of carbonyl (C=O) groups excluding carboxylic acids is 1. The first kappa shape index (κ1) is 14.2. The van der Waals surface area contributed by atoms with Crippen LogP contribution in [0.15, 0.2) is 0 Å². The molecule has 0 aromatic carbocycles. The molecule has 0 saturated carbocycles. The third kappa shape index (κ3) is 3.87. The average Bonchev–Trinajstić information content (AvgIpc) is 2.62. The molecule has 0 bridgehead atoms. The molecule has 1 amide bonds. The third-order valence-electron chi connectivity index (χ3n) is 3.58. The van der Waals surface area contributed by atoms with Crippen LogP contribution in [0, 0.1) is 0 Å². The number of rotatable bonds is 4. The lowest BCUT2D eigenvalue weighted by Gasteiger charge is -2.38. The van der Waals surface area contributed by atoms with Crippen molar-refractivity contribution in [3.63, 3.8) is 0 Å². The molecule has 0 radical (unpaired) electrons. The van der Waals surface area contributed by atoms with Crippen molar-refractivity contribution in [2.24, 2.45) is 0 Å². The summed E-state index contributed by atoms with van der Waals surface area (Å²) in [5.74, 6) is 1.33. The third-order valence-corrected chi connectivity index (χ3v) is 4.87. The zero-order valence-electron chi connectivity index (χ0n) is 11.4. The summed E-state index contributed by atoms with van der Waals surface area (Å²) in [7, 11) is 0. The maximum absolute atomic E-state index is 11.5. The van der Waals surface area contributed by atoms with Gasteiger partial charge in [0.2, 0.25) is 5.91 Å². The van der Waals surface area contributed by atoms with Crippen molar-refractivity contribution in [2.75, 3.05) is 38.5 Å². The highest BCUT2D eigenvalue weighted by Crippen LogP contribution is 2.29. The van der Waals surface area contributed by atoms with Crippen molar-refractivity contribution in [3.05, 3.63) is 0 Å². The Morgan fingerprint density at radius 2 is 2.17 bits per heavy atom. The Kier molecular flexibility index (Phi) is 4.56. The van der Waals surface area contributed by atoms with Gasteiger partial charge in [-0.1, -0.05) is 0 Å². The maximum atomic E-state index is 11.5. The molecular weight excluding hydrogens is 248 g/mol. The lowest BCUT2D eigenvalue weighted by Crippen LogP contribution is -2.48. The van der Waals surface area contributed by atoms with Crippen LogP contribution in [-0.4, -0.2) is 70.1 Å². The van der Waals surface area contributed by atoms with Crippen LogP contribution in [0.5, 0.6) is 0 Å². The number of hydrogen-bond acceptors (Lipinski definition) is 4. The minimum atomic E-state index is -0.411. The fourth-order valence-electron chi connectivity index (χ4n) is 2.78. The molecular formula is C13H24N2O2S. The van der Waals surface area contributed by atoms with Crippen LogP contribution in [0.2, 0.25) is 0 Å². The summed E-state index contributed by atoms with van der Waals surface area (Å²) in [5, 5.41) is 10.1. The molecule has 2 saturated heterocycles. The Morgan fingerprint density at radius 3 is 2.78 bits per heavy atom. The number of thioether (sulfide) groups is 1. The van der Waals surface area contributed by atoms with Gasteiger partial charge < -0.3 is 10.0 Å². The molecule has 1 unspecified atom stereocenters. The van der Waals surface area contributed by atoms with Gasteiger partial charge in [-0.05, 0) is 20.3 Å². The summed E-state index contributed by atoms with van der Waals surface area (Å²) < 4.78 is 0.279. The van der Waals surface area contributed by atoms with E-state index in [-0.39, 0.29) is 10.7 Å². The van der Waals surface area contributed by atoms with Gasteiger partial charge >= 0.3 is 0 Å². The molecule has 0 aliphatic carbocycles. The lowest BCUT2D eigenvalue weighted by atomic mass is 10.1. The van der Waals surface area contributed by atoms with Gasteiger partial charge in [0, 0.05) is 49.6 Å². The van der Waals surface area contributed by atoms with Gasteiger partial charge in [0.15, 0.2) is 0 Å². The molecule has 2 fully saturated rings. The number of aliphatic hydroxyl groups excluding tert-OH is 1. The minimum absolute atomic E-state index is 0.198. The lowest BCUT2D eigenvalue weighted by molar-refractivity contribution is -0.129. The molecule has 4 nitrogen and oxygen atoms in total. The second-order valence-corrected chi connectivity index (χ2v) is 7.74. The highest BCUT2D eigenvalue weighted by atomic mass is 32.2.